The molecule has 0 spiro atoms. The molecule has 9 nitrogen and oxygen atoms in total. The average Bonchev–Trinajstić information content (AvgIpc) is 3.60. The number of pyridine rings is 2. The maximum Gasteiger partial charge on any atom is 0.335 e. The SMILES string of the molecule is Cc1onc(-c2cccnc2)c1-c1ccc(C(=O)O)cc1.Cl.Cl.[C-]#[N+]c1ccc(-c2c(-c3cccnc3)noc2C)cc1. The highest BCUT2D eigenvalue weighted by molar-refractivity contribution is 5.89. The Morgan fingerprint density at radius 2 is 1.14 bits per heavy atom. The molecule has 6 rings (SSSR count). The van der Waals surface area contributed by atoms with Crippen LogP contribution in [0.4, 0.5) is 5.69 Å². The number of rotatable bonds is 5. The zero-order valence-corrected chi connectivity index (χ0v) is 24.6. The molecule has 6 aromatic rings. The molecule has 0 bridgehead atoms. The highest BCUT2D eigenvalue weighted by Gasteiger charge is 2.18. The van der Waals surface area contributed by atoms with E-state index >= 15 is 0 Å². The first-order valence-electron chi connectivity index (χ1n) is 12.5. The summed E-state index contributed by atoms with van der Waals surface area (Å²) in [6.07, 6.45) is 6.89. The Morgan fingerprint density at radius 3 is 1.51 bits per heavy atom. The van der Waals surface area contributed by atoms with E-state index in [1.807, 2.05) is 50.2 Å². The van der Waals surface area contributed by atoms with Crippen molar-refractivity contribution in [2.24, 2.45) is 0 Å². The Kier molecular flexibility index (Phi) is 10.9. The summed E-state index contributed by atoms with van der Waals surface area (Å²) in [4.78, 5) is 22.5. The van der Waals surface area contributed by atoms with Gasteiger partial charge in [-0.15, -0.1) is 24.8 Å². The van der Waals surface area contributed by atoms with E-state index in [-0.39, 0.29) is 30.4 Å². The third-order valence-corrected chi connectivity index (χ3v) is 6.30. The quantitative estimate of drug-likeness (QED) is 0.192. The van der Waals surface area contributed by atoms with Gasteiger partial charge in [0.15, 0.2) is 5.69 Å². The van der Waals surface area contributed by atoms with Gasteiger partial charge in [0.25, 0.3) is 0 Å². The Bertz CT molecular complexity index is 1830. The maximum atomic E-state index is 10.9. The third kappa shape index (κ3) is 7.13. The lowest BCUT2D eigenvalue weighted by molar-refractivity contribution is 0.0697. The van der Waals surface area contributed by atoms with Crippen LogP contribution in [0.3, 0.4) is 0 Å². The number of carboxylic acids is 1. The number of carboxylic acid groups (broad SMARTS) is 1. The van der Waals surface area contributed by atoms with Gasteiger partial charge in [0.2, 0.25) is 0 Å². The van der Waals surface area contributed by atoms with Crippen LogP contribution in [0.25, 0.3) is 49.6 Å². The van der Waals surface area contributed by atoms with E-state index in [1.165, 1.54) is 0 Å². The van der Waals surface area contributed by atoms with E-state index in [2.05, 4.69) is 25.1 Å². The van der Waals surface area contributed by atoms with Gasteiger partial charge in [-0.3, -0.25) is 9.97 Å². The molecule has 0 aliphatic heterocycles. The monoisotopic (exact) mass is 613 g/mol. The van der Waals surface area contributed by atoms with Crippen molar-refractivity contribution in [3.05, 3.63) is 126 Å². The van der Waals surface area contributed by atoms with Crippen molar-refractivity contribution in [2.45, 2.75) is 13.8 Å². The molecule has 0 atom stereocenters. The van der Waals surface area contributed by atoms with Gasteiger partial charge < -0.3 is 14.2 Å². The Labute approximate surface area is 259 Å². The molecule has 2 aromatic carbocycles. The first-order valence-corrected chi connectivity index (χ1v) is 12.5. The van der Waals surface area contributed by atoms with Crippen molar-refractivity contribution in [3.63, 3.8) is 0 Å². The van der Waals surface area contributed by atoms with E-state index in [0.717, 1.165) is 44.8 Å². The minimum absolute atomic E-state index is 0. The van der Waals surface area contributed by atoms with Crippen LogP contribution in [-0.2, 0) is 0 Å². The predicted octanol–water partition coefficient (Wildman–Crippen LogP) is 8.52. The summed E-state index contributed by atoms with van der Waals surface area (Å²) in [6, 6.07) is 21.6. The van der Waals surface area contributed by atoms with Crippen LogP contribution in [0.2, 0.25) is 0 Å². The lowest BCUT2D eigenvalue weighted by Gasteiger charge is -2.03. The third-order valence-electron chi connectivity index (χ3n) is 6.30. The number of nitrogens with zero attached hydrogens (tertiary/aromatic N) is 5. The van der Waals surface area contributed by atoms with Crippen LogP contribution in [0, 0.1) is 20.4 Å². The predicted molar refractivity (Wildman–Crippen MR) is 168 cm³/mol. The summed E-state index contributed by atoms with van der Waals surface area (Å²) in [7, 11) is 0. The number of hydrogen-bond acceptors (Lipinski definition) is 7. The first-order chi connectivity index (χ1) is 20.0. The second-order valence-electron chi connectivity index (χ2n) is 8.95. The van der Waals surface area contributed by atoms with Crippen molar-refractivity contribution in [1.82, 2.24) is 20.3 Å². The summed E-state index contributed by atoms with van der Waals surface area (Å²) in [6.45, 7) is 10.7. The van der Waals surface area contributed by atoms with E-state index in [4.69, 9.17) is 20.7 Å². The Morgan fingerprint density at radius 1 is 0.698 bits per heavy atom. The highest BCUT2D eigenvalue weighted by Crippen LogP contribution is 2.35. The average molecular weight is 614 g/mol. The summed E-state index contributed by atoms with van der Waals surface area (Å²) in [5, 5.41) is 17.2. The molecule has 0 radical (unpaired) electrons. The van der Waals surface area contributed by atoms with Crippen molar-refractivity contribution >= 4 is 36.5 Å². The van der Waals surface area contributed by atoms with E-state index < -0.39 is 5.97 Å². The molecule has 43 heavy (non-hydrogen) atoms. The molecule has 11 heteroatoms. The van der Waals surface area contributed by atoms with Gasteiger partial charge in [-0.1, -0.05) is 46.7 Å². The molecule has 0 unspecified atom stereocenters. The molecule has 1 N–H and O–H groups in total. The second-order valence-corrected chi connectivity index (χ2v) is 8.95. The minimum Gasteiger partial charge on any atom is -0.478 e. The van der Waals surface area contributed by atoms with Gasteiger partial charge in [0.1, 0.15) is 22.9 Å². The fourth-order valence-corrected chi connectivity index (χ4v) is 4.31. The Hall–Kier alpha value is -5.30. The van der Waals surface area contributed by atoms with E-state index in [9.17, 15) is 4.79 Å². The fourth-order valence-electron chi connectivity index (χ4n) is 4.31. The molecule has 4 aromatic heterocycles. The minimum atomic E-state index is -0.948. The van der Waals surface area contributed by atoms with Crippen LogP contribution in [0.5, 0.6) is 0 Å². The summed E-state index contributed by atoms with van der Waals surface area (Å²) >= 11 is 0. The molecule has 0 saturated carbocycles. The number of halogens is 2. The number of benzene rings is 2. The topological polar surface area (TPSA) is 120 Å². The van der Waals surface area contributed by atoms with Crippen molar-refractivity contribution in [3.8, 4) is 44.8 Å². The smallest absolute Gasteiger partial charge is 0.335 e. The number of hydrogen-bond donors (Lipinski definition) is 1. The van der Waals surface area contributed by atoms with Crippen LogP contribution < -0.4 is 0 Å². The molecule has 0 fully saturated rings. The largest absolute Gasteiger partial charge is 0.478 e. The zero-order chi connectivity index (χ0) is 28.8. The van der Waals surface area contributed by atoms with Crippen molar-refractivity contribution < 1.29 is 18.9 Å². The van der Waals surface area contributed by atoms with Gasteiger partial charge in [0.05, 0.1) is 23.3 Å². The first kappa shape index (κ1) is 32.2. The molecule has 0 aliphatic rings. The van der Waals surface area contributed by atoms with Gasteiger partial charge >= 0.3 is 5.97 Å². The molecular weight excluding hydrogens is 589 g/mol. The van der Waals surface area contributed by atoms with Crippen LogP contribution in [0.1, 0.15) is 21.9 Å². The van der Waals surface area contributed by atoms with Gasteiger partial charge in [-0.25, -0.2) is 9.64 Å². The fraction of sp³-hybridized carbons (Fsp3) is 0.0625. The molecule has 0 aliphatic carbocycles. The summed E-state index contributed by atoms with van der Waals surface area (Å²) in [5.41, 5.74) is 7.72. The Balaban J connectivity index is 0.000000225. The number of aromatic nitrogens is 4. The van der Waals surface area contributed by atoms with Crippen molar-refractivity contribution in [1.29, 1.82) is 0 Å². The molecule has 4 heterocycles. The molecule has 0 amide bonds. The molecule has 216 valence electrons. The summed E-state index contributed by atoms with van der Waals surface area (Å²) < 4.78 is 10.6. The molecular formula is C32H25Cl2N5O4. The maximum absolute atomic E-state index is 10.9. The lowest BCUT2D eigenvalue weighted by atomic mass is 9.99. The van der Waals surface area contributed by atoms with Crippen LogP contribution in [0.15, 0.2) is 107 Å². The van der Waals surface area contributed by atoms with Crippen molar-refractivity contribution in [2.75, 3.05) is 0 Å². The highest BCUT2D eigenvalue weighted by atomic mass is 35.5. The summed E-state index contributed by atoms with van der Waals surface area (Å²) in [5.74, 6) is 0.479. The standard InChI is InChI=1S/C16H11N3O.C16H12N2O3.2ClH/c1-11-15(12-5-7-14(17-2)8-6-12)16(19-20-11)13-4-3-9-18-10-13;1-10-14(11-4-6-12(7-5-11)16(19)20)15(18-21-10)13-3-2-8-17-9-13;;/h3-10H,1H3;2-9H,1H3,(H,19,20);2*1H. The normalized spacial score (nSPS) is 9.88. The number of carbonyl (C=O) groups is 1. The molecule has 0 saturated heterocycles. The lowest BCUT2D eigenvalue weighted by Crippen LogP contribution is -1.95. The van der Waals surface area contributed by atoms with E-state index in [1.54, 1.807) is 61.2 Å². The van der Waals surface area contributed by atoms with Gasteiger partial charge in [-0.05, 0) is 61.4 Å². The van der Waals surface area contributed by atoms with Crippen LogP contribution >= 0.6 is 24.8 Å². The zero-order valence-electron chi connectivity index (χ0n) is 23.0. The second kappa shape index (κ2) is 14.5. The van der Waals surface area contributed by atoms with Crippen LogP contribution in [-0.4, -0.2) is 31.4 Å². The number of aryl methyl sites for hydroxylation is 2. The van der Waals surface area contributed by atoms with E-state index in [0.29, 0.717) is 17.1 Å². The number of aromatic carboxylic acids is 1. The van der Waals surface area contributed by atoms with Gasteiger partial charge in [0, 0.05) is 35.9 Å². The van der Waals surface area contributed by atoms with Gasteiger partial charge in [-0.2, -0.15) is 0 Å².